The highest BCUT2D eigenvalue weighted by Gasteiger charge is 2.47. The number of carbonyl (C=O) groups excluding carboxylic acids is 3. The summed E-state index contributed by atoms with van der Waals surface area (Å²) in [4.78, 5) is 35.9. The van der Waals surface area contributed by atoms with Crippen LogP contribution in [0.3, 0.4) is 0 Å². The van der Waals surface area contributed by atoms with Crippen LogP contribution in [-0.4, -0.2) is 17.5 Å². The van der Waals surface area contributed by atoms with Crippen molar-refractivity contribution in [2.45, 2.75) is 40.2 Å². The molecule has 2 aliphatic rings. The number of ketones is 2. The SMILES string of the molecule is CC(=O)Oc1cc(C)c2c3c1C(C)(C)OC3=C(C)C(=O)C2=O. The minimum Gasteiger partial charge on any atom is -0.482 e. The maximum atomic E-state index is 12.4. The van der Waals surface area contributed by atoms with Gasteiger partial charge in [0.1, 0.15) is 17.1 Å². The van der Waals surface area contributed by atoms with E-state index in [-0.39, 0.29) is 0 Å². The molecule has 0 fully saturated rings. The number of allylic oxidation sites excluding steroid dienone is 1. The Morgan fingerprint density at radius 2 is 1.77 bits per heavy atom. The van der Waals surface area contributed by atoms with Gasteiger partial charge in [-0.1, -0.05) is 0 Å². The van der Waals surface area contributed by atoms with Crippen molar-refractivity contribution >= 4 is 23.3 Å². The van der Waals surface area contributed by atoms with Gasteiger partial charge in [-0.05, 0) is 39.3 Å². The van der Waals surface area contributed by atoms with E-state index in [0.29, 0.717) is 39.3 Å². The third kappa shape index (κ3) is 1.75. The van der Waals surface area contributed by atoms with E-state index in [9.17, 15) is 14.4 Å². The van der Waals surface area contributed by atoms with Crippen molar-refractivity contribution in [2.24, 2.45) is 0 Å². The molecule has 0 amide bonds. The summed E-state index contributed by atoms with van der Waals surface area (Å²) in [5, 5.41) is 0. The van der Waals surface area contributed by atoms with Crippen molar-refractivity contribution < 1.29 is 23.9 Å². The Morgan fingerprint density at radius 1 is 1.14 bits per heavy atom. The van der Waals surface area contributed by atoms with Crippen molar-refractivity contribution in [1.82, 2.24) is 0 Å². The van der Waals surface area contributed by atoms with Gasteiger partial charge >= 0.3 is 5.97 Å². The number of hydrogen-bond acceptors (Lipinski definition) is 5. The first-order valence-corrected chi connectivity index (χ1v) is 7.01. The highest BCUT2D eigenvalue weighted by Crippen LogP contribution is 2.52. The zero-order chi connectivity index (χ0) is 16.4. The smallest absolute Gasteiger partial charge is 0.308 e. The summed E-state index contributed by atoms with van der Waals surface area (Å²) in [6.45, 7) is 8.26. The largest absolute Gasteiger partial charge is 0.482 e. The van der Waals surface area contributed by atoms with E-state index in [4.69, 9.17) is 9.47 Å². The van der Waals surface area contributed by atoms with Crippen LogP contribution in [0.15, 0.2) is 11.6 Å². The van der Waals surface area contributed by atoms with Gasteiger partial charge in [0.25, 0.3) is 0 Å². The Labute approximate surface area is 127 Å². The molecule has 0 atom stereocenters. The molecule has 1 heterocycles. The molecule has 1 aliphatic carbocycles. The monoisotopic (exact) mass is 300 g/mol. The lowest BCUT2D eigenvalue weighted by atomic mass is 9.82. The Balaban J connectivity index is 2.44. The van der Waals surface area contributed by atoms with Gasteiger partial charge in [-0.15, -0.1) is 0 Å². The number of hydrogen-bond donors (Lipinski definition) is 0. The van der Waals surface area contributed by atoms with Crippen molar-refractivity contribution in [2.75, 3.05) is 0 Å². The summed E-state index contributed by atoms with van der Waals surface area (Å²) in [6, 6.07) is 1.62. The molecular weight excluding hydrogens is 284 g/mol. The topological polar surface area (TPSA) is 69.7 Å². The number of aryl methyl sites for hydroxylation is 1. The van der Waals surface area contributed by atoms with Gasteiger partial charge in [-0.25, -0.2) is 0 Å². The quantitative estimate of drug-likeness (QED) is 0.453. The minimum atomic E-state index is -0.788. The van der Waals surface area contributed by atoms with Gasteiger partial charge in [0.05, 0.1) is 0 Å². The first-order chi connectivity index (χ1) is 10.1. The molecule has 0 aromatic heterocycles. The van der Waals surface area contributed by atoms with E-state index in [1.165, 1.54) is 6.92 Å². The molecule has 114 valence electrons. The minimum absolute atomic E-state index is 0.295. The number of ether oxygens (including phenoxy) is 2. The molecule has 0 radical (unpaired) electrons. The summed E-state index contributed by atoms with van der Waals surface area (Å²) in [5.74, 6) is -0.741. The van der Waals surface area contributed by atoms with Crippen molar-refractivity contribution in [3.05, 3.63) is 33.9 Å². The van der Waals surface area contributed by atoms with E-state index in [2.05, 4.69) is 0 Å². The second-order valence-corrected chi connectivity index (χ2v) is 6.13. The summed E-state index contributed by atoms with van der Waals surface area (Å²) >= 11 is 0. The molecule has 22 heavy (non-hydrogen) atoms. The normalized spacial score (nSPS) is 18.2. The van der Waals surface area contributed by atoms with Crippen LogP contribution in [0.2, 0.25) is 0 Å². The Hall–Kier alpha value is -2.43. The standard InChI is InChI=1S/C17H16O5/c1-7-6-10(21-9(3)18)13-12-11(7)15(20)14(19)8(2)16(12)22-17(13,4)5/h6H,1-5H3. The molecule has 5 heteroatoms. The predicted octanol–water partition coefficient (Wildman–Crippen LogP) is 2.68. The molecule has 1 aromatic rings. The van der Waals surface area contributed by atoms with Crippen LogP contribution in [0.1, 0.15) is 54.7 Å². The molecule has 0 saturated carbocycles. The number of Topliss-reactive ketones (excluding diaryl/α,β-unsaturated/α-hetero) is 2. The lowest BCUT2D eigenvalue weighted by Crippen LogP contribution is -2.24. The average Bonchev–Trinajstić information content (AvgIpc) is 2.67. The molecule has 0 bridgehead atoms. The third-order valence-corrected chi connectivity index (χ3v) is 4.04. The van der Waals surface area contributed by atoms with Gasteiger partial charge in [-0.2, -0.15) is 0 Å². The van der Waals surface area contributed by atoms with Crippen LogP contribution in [0, 0.1) is 6.92 Å². The zero-order valence-corrected chi connectivity index (χ0v) is 13.1. The fourth-order valence-corrected chi connectivity index (χ4v) is 3.15. The predicted molar refractivity (Wildman–Crippen MR) is 78.5 cm³/mol. The lowest BCUT2D eigenvalue weighted by molar-refractivity contribution is -0.132. The van der Waals surface area contributed by atoms with Crippen LogP contribution in [-0.2, 0) is 19.9 Å². The number of esters is 1. The molecule has 0 N–H and O–H groups in total. The van der Waals surface area contributed by atoms with E-state index in [1.807, 2.05) is 13.8 Å². The molecule has 0 spiro atoms. The Morgan fingerprint density at radius 3 is 2.36 bits per heavy atom. The van der Waals surface area contributed by atoms with E-state index in [1.54, 1.807) is 19.9 Å². The first kappa shape index (κ1) is 14.5. The highest BCUT2D eigenvalue weighted by atomic mass is 16.5. The average molecular weight is 300 g/mol. The maximum Gasteiger partial charge on any atom is 0.308 e. The van der Waals surface area contributed by atoms with E-state index in [0.717, 1.165) is 0 Å². The fraction of sp³-hybridized carbons (Fsp3) is 0.353. The van der Waals surface area contributed by atoms with E-state index < -0.39 is 23.1 Å². The maximum absolute atomic E-state index is 12.4. The van der Waals surface area contributed by atoms with Gasteiger partial charge in [-0.3, -0.25) is 14.4 Å². The van der Waals surface area contributed by atoms with Crippen molar-refractivity contribution in [3.8, 4) is 5.75 Å². The molecular formula is C17H16O5. The van der Waals surface area contributed by atoms with Crippen LogP contribution >= 0.6 is 0 Å². The van der Waals surface area contributed by atoms with Crippen LogP contribution in [0.4, 0.5) is 0 Å². The van der Waals surface area contributed by atoms with Gasteiger partial charge in [0, 0.05) is 29.2 Å². The molecule has 0 unspecified atom stereocenters. The van der Waals surface area contributed by atoms with Crippen LogP contribution < -0.4 is 4.74 Å². The van der Waals surface area contributed by atoms with E-state index >= 15 is 0 Å². The van der Waals surface area contributed by atoms with Crippen molar-refractivity contribution in [1.29, 1.82) is 0 Å². The summed E-state index contributed by atoms with van der Waals surface area (Å²) in [5.41, 5.74) is 1.68. The van der Waals surface area contributed by atoms with Gasteiger partial charge < -0.3 is 9.47 Å². The van der Waals surface area contributed by atoms with Crippen LogP contribution in [0.25, 0.3) is 5.76 Å². The number of benzene rings is 1. The Bertz CT molecular complexity index is 796. The molecule has 5 nitrogen and oxygen atoms in total. The third-order valence-electron chi connectivity index (χ3n) is 4.04. The summed E-state index contributed by atoms with van der Waals surface area (Å²) in [7, 11) is 0. The van der Waals surface area contributed by atoms with Crippen molar-refractivity contribution in [3.63, 3.8) is 0 Å². The molecule has 3 rings (SSSR count). The van der Waals surface area contributed by atoms with Crippen LogP contribution in [0.5, 0.6) is 5.75 Å². The van der Waals surface area contributed by atoms with Gasteiger partial charge in [0.15, 0.2) is 0 Å². The highest BCUT2D eigenvalue weighted by molar-refractivity contribution is 6.52. The molecule has 0 saturated heterocycles. The first-order valence-electron chi connectivity index (χ1n) is 7.01. The Kier molecular flexibility index (Phi) is 2.83. The second-order valence-electron chi connectivity index (χ2n) is 6.13. The molecule has 1 aromatic carbocycles. The number of rotatable bonds is 1. The zero-order valence-electron chi connectivity index (χ0n) is 13.1. The second kappa shape index (κ2) is 4.29. The fourth-order valence-electron chi connectivity index (χ4n) is 3.15. The number of carbonyl (C=O) groups is 3. The lowest BCUT2D eigenvalue weighted by Gasteiger charge is -2.21. The summed E-state index contributed by atoms with van der Waals surface area (Å²) < 4.78 is 11.2. The van der Waals surface area contributed by atoms with Gasteiger partial charge in [0.2, 0.25) is 11.6 Å². The molecule has 1 aliphatic heterocycles. The summed E-state index contributed by atoms with van der Waals surface area (Å²) in [6.07, 6.45) is 0.